The smallest absolute Gasteiger partial charge is 0.251 e. The first kappa shape index (κ1) is 22.8. The Bertz CT molecular complexity index is 636. The molecule has 0 saturated carbocycles. The maximum atomic E-state index is 12.2. The summed E-state index contributed by atoms with van der Waals surface area (Å²) in [4.78, 5) is 12.3. The minimum absolute atomic E-state index is 0. The number of sulfonamides is 1. The molecule has 0 fully saturated rings. The molecule has 0 spiro atoms. The summed E-state index contributed by atoms with van der Waals surface area (Å²) in [7, 11) is -2.18. The second-order valence-corrected chi connectivity index (χ2v) is 7.16. The summed E-state index contributed by atoms with van der Waals surface area (Å²) < 4.78 is 31.6. The number of nitrogens with two attached hydrogens (primary N) is 1. The Morgan fingerprint density at radius 3 is 2.58 bits per heavy atom. The van der Waals surface area contributed by atoms with E-state index in [0.29, 0.717) is 24.1 Å². The fraction of sp³-hybridized carbons (Fsp3) is 0.533. The molecule has 0 aromatic heterocycles. The van der Waals surface area contributed by atoms with Gasteiger partial charge in [-0.3, -0.25) is 4.79 Å². The van der Waals surface area contributed by atoms with Gasteiger partial charge in [-0.1, -0.05) is 6.07 Å². The normalized spacial score (nSPS) is 12.3. The Morgan fingerprint density at radius 1 is 1.33 bits per heavy atom. The summed E-state index contributed by atoms with van der Waals surface area (Å²) in [5.74, 6) is -0.308. The molecule has 24 heavy (non-hydrogen) atoms. The Balaban J connectivity index is 0.00000529. The predicted octanol–water partition coefficient (Wildman–Crippen LogP) is 0.809. The molecular formula is C15H26ClN3O4S. The molecule has 0 bridgehead atoms. The summed E-state index contributed by atoms with van der Waals surface area (Å²) in [5.41, 5.74) is 6.68. The molecular weight excluding hydrogens is 354 g/mol. The fourth-order valence-corrected chi connectivity index (χ4v) is 2.92. The molecule has 1 rings (SSSR count). The van der Waals surface area contributed by atoms with Crippen molar-refractivity contribution in [1.82, 2.24) is 10.0 Å². The molecule has 1 aromatic rings. The van der Waals surface area contributed by atoms with Crippen molar-refractivity contribution in [3.63, 3.8) is 0 Å². The number of aryl methyl sites for hydroxylation is 1. The molecule has 0 heterocycles. The predicted molar refractivity (Wildman–Crippen MR) is 96.1 cm³/mol. The van der Waals surface area contributed by atoms with E-state index in [1.165, 1.54) is 19.2 Å². The molecule has 7 nitrogen and oxygen atoms in total. The molecule has 1 unspecified atom stereocenters. The number of carbonyl (C=O) groups excluding carboxylic acids is 1. The van der Waals surface area contributed by atoms with Crippen molar-refractivity contribution in [1.29, 1.82) is 0 Å². The van der Waals surface area contributed by atoms with E-state index in [-0.39, 0.29) is 42.4 Å². The first-order chi connectivity index (χ1) is 10.8. The highest BCUT2D eigenvalue weighted by Crippen LogP contribution is 2.15. The molecule has 0 aliphatic heterocycles. The van der Waals surface area contributed by atoms with Crippen LogP contribution in [0.15, 0.2) is 23.1 Å². The molecule has 0 radical (unpaired) electrons. The van der Waals surface area contributed by atoms with Crippen molar-refractivity contribution in [2.75, 3.05) is 26.8 Å². The molecule has 1 amide bonds. The lowest BCUT2D eigenvalue weighted by Gasteiger charge is -2.12. The summed E-state index contributed by atoms with van der Waals surface area (Å²) in [5, 5.41) is 2.75. The van der Waals surface area contributed by atoms with Crippen LogP contribution in [-0.2, 0) is 14.8 Å². The highest BCUT2D eigenvalue weighted by Gasteiger charge is 2.17. The molecule has 1 atom stereocenters. The summed E-state index contributed by atoms with van der Waals surface area (Å²) in [6.07, 6.45) is 0.654. The van der Waals surface area contributed by atoms with E-state index in [1.807, 2.05) is 6.92 Å². The number of benzene rings is 1. The number of carbonyl (C=O) groups is 1. The number of halogens is 1. The number of hydrogen-bond donors (Lipinski definition) is 3. The van der Waals surface area contributed by atoms with E-state index in [2.05, 4.69) is 10.0 Å². The van der Waals surface area contributed by atoms with Crippen molar-refractivity contribution < 1.29 is 17.9 Å². The van der Waals surface area contributed by atoms with Crippen molar-refractivity contribution in [3.8, 4) is 0 Å². The third-order valence-corrected chi connectivity index (χ3v) is 4.71. The van der Waals surface area contributed by atoms with Crippen molar-refractivity contribution >= 4 is 28.3 Å². The van der Waals surface area contributed by atoms with Gasteiger partial charge in [-0.25, -0.2) is 13.1 Å². The largest absolute Gasteiger partial charge is 0.383 e. The van der Waals surface area contributed by atoms with Crippen molar-refractivity contribution in [2.24, 2.45) is 5.73 Å². The van der Waals surface area contributed by atoms with E-state index in [0.717, 1.165) is 0 Å². The Labute approximate surface area is 149 Å². The van der Waals surface area contributed by atoms with Crippen LogP contribution in [0.4, 0.5) is 0 Å². The minimum Gasteiger partial charge on any atom is -0.383 e. The van der Waals surface area contributed by atoms with Crippen LogP contribution in [0.2, 0.25) is 0 Å². The Hall–Kier alpha value is -1.19. The summed E-state index contributed by atoms with van der Waals surface area (Å²) >= 11 is 0. The average molecular weight is 380 g/mol. The zero-order valence-electron chi connectivity index (χ0n) is 14.2. The van der Waals surface area contributed by atoms with Gasteiger partial charge in [-0.2, -0.15) is 0 Å². The second-order valence-electron chi connectivity index (χ2n) is 5.39. The van der Waals surface area contributed by atoms with Crippen LogP contribution >= 0.6 is 12.4 Å². The first-order valence-electron chi connectivity index (χ1n) is 7.41. The lowest BCUT2D eigenvalue weighted by Crippen LogP contribution is -2.30. The zero-order chi connectivity index (χ0) is 17.5. The maximum Gasteiger partial charge on any atom is 0.251 e. The van der Waals surface area contributed by atoms with Gasteiger partial charge in [0.15, 0.2) is 0 Å². The monoisotopic (exact) mass is 379 g/mol. The van der Waals surface area contributed by atoms with E-state index in [9.17, 15) is 13.2 Å². The minimum atomic E-state index is -3.67. The van der Waals surface area contributed by atoms with Crippen molar-refractivity contribution in [2.45, 2.75) is 31.2 Å². The number of ether oxygens (including phenoxy) is 1. The fourth-order valence-electron chi connectivity index (χ4n) is 1.88. The number of hydrogen-bond acceptors (Lipinski definition) is 5. The second kappa shape index (κ2) is 10.6. The van der Waals surface area contributed by atoms with Crippen LogP contribution < -0.4 is 15.8 Å². The van der Waals surface area contributed by atoms with Crippen LogP contribution in [0.25, 0.3) is 0 Å². The van der Waals surface area contributed by atoms with Gasteiger partial charge in [0, 0.05) is 31.8 Å². The first-order valence-corrected chi connectivity index (χ1v) is 8.89. The molecule has 0 aliphatic rings. The van der Waals surface area contributed by atoms with E-state index in [4.69, 9.17) is 10.5 Å². The van der Waals surface area contributed by atoms with Crippen molar-refractivity contribution in [3.05, 3.63) is 29.3 Å². The van der Waals surface area contributed by atoms with Gasteiger partial charge in [0.2, 0.25) is 10.0 Å². The van der Waals surface area contributed by atoms with E-state index < -0.39 is 10.0 Å². The molecule has 4 N–H and O–H groups in total. The number of amides is 1. The van der Waals surface area contributed by atoms with E-state index in [1.54, 1.807) is 13.0 Å². The average Bonchev–Trinajstić information content (AvgIpc) is 2.47. The lowest BCUT2D eigenvalue weighted by atomic mass is 10.1. The standard InChI is InChI=1S/C15H25N3O4S.ClH/c1-11-4-5-13(23(20,21)18-8-9-22-3)10-14(11)15(19)17-7-6-12(2)16;/h4-5,10,12,18H,6-9,16H2,1-3H3,(H,17,19);1H. The van der Waals surface area contributed by atoms with Crippen LogP contribution in [0.5, 0.6) is 0 Å². The SMILES string of the molecule is COCCNS(=O)(=O)c1ccc(C)c(C(=O)NCCC(C)N)c1.Cl. The molecule has 9 heteroatoms. The van der Waals surface area contributed by atoms with E-state index >= 15 is 0 Å². The third kappa shape index (κ3) is 7.14. The number of rotatable bonds is 9. The van der Waals surface area contributed by atoms with Gasteiger partial charge >= 0.3 is 0 Å². The number of nitrogens with one attached hydrogen (secondary N) is 2. The zero-order valence-corrected chi connectivity index (χ0v) is 15.8. The molecule has 1 aromatic carbocycles. The topological polar surface area (TPSA) is 111 Å². The van der Waals surface area contributed by atoms with Gasteiger partial charge in [0.1, 0.15) is 0 Å². The lowest BCUT2D eigenvalue weighted by molar-refractivity contribution is 0.0952. The van der Waals surface area contributed by atoms with Gasteiger partial charge in [0.05, 0.1) is 11.5 Å². The Kier molecular flexibility index (Phi) is 10.1. The van der Waals surface area contributed by atoms with Crippen LogP contribution in [0, 0.1) is 6.92 Å². The highest BCUT2D eigenvalue weighted by molar-refractivity contribution is 7.89. The van der Waals surface area contributed by atoms with Crippen LogP contribution in [-0.4, -0.2) is 47.2 Å². The molecule has 0 aliphatic carbocycles. The van der Waals surface area contributed by atoms with Gasteiger partial charge < -0.3 is 15.8 Å². The van der Waals surface area contributed by atoms with Crippen LogP contribution in [0.3, 0.4) is 0 Å². The third-order valence-electron chi connectivity index (χ3n) is 3.25. The summed E-state index contributed by atoms with van der Waals surface area (Å²) in [6, 6.07) is 4.47. The number of methoxy groups -OCH3 is 1. The molecule has 0 saturated heterocycles. The van der Waals surface area contributed by atoms with Gasteiger partial charge in [-0.05, 0) is 38.0 Å². The highest BCUT2D eigenvalue weighted by atomic mass is 35.5. The maximum absolute atomic E-state index is 12.2. The van der Waals surface area contributed by atoms with Gasteiger partial charge in [-0.15, -0.1) is 12.4 Å². The Morgan fingerprint density at radius 2 is 2.00 bits per heavy atom. The summed E-state index contributed by atoms with van der Waals surface area (Å²) in [6.45, 7) is 4.50. The van der Waals surface area contributed by atoms with Crippen LogP contribution in [0.1, 0.15) is 29.3 Å². The van der Waals surface area contributed by atoms with Gasteiger partial charge in [0.25, 0.3) is 5.91 Å². The molecule has 138 valence electrons. The quantitative estimate of drug-likeness (QED) is 0.550.